The number of amides is 1. The average Bonchev–Trinajstić information content (AvgIpc) is 2.63. The van der Waals surface area contributed by atoms with Gasteiger partial charge in [0.25, 0.3) is 5.91 Å². The van der Waals surface area contributed by atoms with Gasteiger partial charge in [-0.05, 0) is 51.0 Å². The molecule has 5 nitrogen and oxygen atoms in total. The van der Waals surface area contributed by atoms with Crippen LogP contribution >= 0.6 is 0 Å². The molecule has 0 atom stereocenters. The lowest BCUT2D eigenvalue weighted by Gasteiger charge is -2.35. The Balaban J connectivity index is 1.75. The molecule has 3 aromatic rings. The van der Waals surface area contributed by atoms with E-state index in [0.717, 1.165) is 16.5 Å². The van der Waals surface area contributed by atoms with Crippen LogP contribution in [0.15, 0.2) is 63.8 Å². The van der Waals surface area contributed by atoms with Crippen molar-refractivity contribution in [1.29, 1.82) is 0 Å². The standard InChI is InChI=1S/C23H25NO4/c1-16-12-22(26)28-20-13-18(10-11-19(16)20)27-15-21(25)24(23(2,3)4)14-17-8-6-5-7-9-17/h5-13H,14-15H2,1-4H3. The number of ether oxygens (including phenoxy) is 1. The van der Waals surface area contributed by atoms with Crippen molar-refractivity contribution in [2.24, 2.45) is 0 Å². The summed E-state index contributed by atoms with van der Waals surface area (Å²) in [6, 6.07) is 16.6. The molecule has 0 aliphatic rings. The molecule has 3 rings (SSSR count). The van der Waals surface area contributed by atoms with E-state index in [-0.39, 0.29) is 18.1 Å². The minimum absolute atomic E-state index is 0.0916. The highest BCUT2D eigenvalue weighted by Gasteiger charge is 2.26. The molecule has 0 radical (unpaired) electrons. The monoisotopic (exact) mass is 379 g/mol. The lowest BCUT2D eigenvalue weighted by Crippen LogP contribution is -2.47. The average molecular weight is 379 g/mol. The fourth-order valence-corrected chi connectivity index (χ4v) is 3.08. The van der Waals surface area contributed by atoms with E-state index in [9.17, 15) is 9.59 Å². The molecule has 0 saturated carbocycles. The molecule has 0 fully saturated rings. The molecular formula is C23H25NO4. The molecule has 5 heteroatoms. The van der Waals surface area contributed by atoms with Crippen LogP contribution in [0, 0.1) is 6.92 Å². The summed E-state index contributed by atoms with van der Waals surface area (Å²) in [5.41, 5.74) is 1.61. The zero-order valence-electron chi connectivity index (χ0n) is 16.7. The number of hydrogen-bond donors (Lipinski definition) is 0. The zero-order chi connectivity index (χ0) is 20.3. The Bertz CT molecular complexity index is 1030. The van der Waals surface area contributed by atoms with Gasteiger partial charge in [-0.25, -0.2) is 4.79 Å². The number of benzene rings is 2. The predicted molar refractivity (Wildman–Crippen MR) is 109 cm³/mol. The van der Waals surface area contributed by atoms with Crippen molar-refractivity contribution < 1.29 is 13.9 Å². The van der Waals surface area contributed by atoms with Crippen LogP contribution in [0.5, 0.6) is 5.75 Å². The molecule has 0 saturated heterocycles. The number of carbonyl (C=O) groups excluding carboxylic acids is 1. The Labute approximate surface area is 164 Å². The van der Waals surface area contributed by atoms with Crippen molar-refractivity contribution in [3.05, 3.63) is 76.1 Å². The Kier molecular flexibility index (Phi) is 5.54. The van der Waals surface area contributed by atoms with Crippen LogP contribution in [0.4, 0.5) is 0 Å². The molecule has 28 heavy (non-hydrogen) atoms. The molecule has 1 heterocycles. The largest absolute Gasteiger partial charge is 0.484 e. The Morgan fingerprint density at radius 2 is 1.79 bits per heavy atom. The van der Waals surface area contributed by atoms with Crippen LogP contribution in [0.1, 0.15) is 31.9 Å². The third-order valence-electron chi connectivity index (χ3n) is 4.58. The van der Waals surface area contributed by atoms with Crippen LogP contribution in [-0.2, 0) is 11.3 Å². The predicted octanol–water partition coefficient (Wildman–Crippen LogP) is 4.31. The van der Waals surface area contributed by atoms with E-state index < -0.39 is 5.63 Å². The fraction of sp³-hybridized carbons (Fsp3) is 0.304. The summed E-state index contributed by atoms with van der Waals surface area (Å²) in [6.45, 7) is 8.28. The molecule has 1 amide bonds. The van der Waals surface area contributed by atoms with Gasteiger partial charge in [-0.3, -0.25) is 4.79 Å². The third kappa shape index (κ3) is 4.60. The maximum atomic E-state index is 12.9. The first-order chi connectivity index (χ1) is 13.2. The van der Waals surface area contributed by atoms with Gasteiger partial charge in [0.1, 0.15) is 11.3 Å². The van der Waals surface area contributed by atoms with Crippen molar-refractivity contribution in [3.63, 3.8) is 0 Å². The highest BCUT2D eigenvalue weighted by molar-refractivity contribution is 5.82. The van der Waals surface area contributed by atoms with Crippen molar-refractivity contribution in [2.45, 2.75) is 39.8 Å². The zero-order valence-corrected chi connectivity index (χ0v) is 16.7. The molecule has 0 N–H and O–H groups in total. The van der Waals surface area contributed by atoms with Gasteiger partial charge in [-0.2, -0.15) is 0 Å². The maximum absolute atomic E-state index is 12.9. The van der Waals surface area contributed by atoms with Gasteiger partial charge >= 0.3 is 5.63 Å². The van der Waals surface area contributed by atoms with E-state index in [1.165, 1.54) is 6.07 Å². The molecular weight excluding hydrogens is 354 g/mol. The quantitative estimate of drug-likeness (QED) is 0.620. The Morgan fingerprint density at radius 3 is 2.46 bits per heavy atom. The van der Waals surface area contributed by atoms with Crippen LogP contribution in [0.2, 0.25) is 0 Å². The van der Waals surface area contributed by atoms with Gasteiger partial charge < -0.3 is 14.1 Å². The molecule has 2 aromatic carbocycles. The van der Waals surface area contributed by atoms with E-state index in [1.807, 2.05) is 64.1 Å². The second kappa shape index (κ2) is 7.89. The van der Waals surface area contributed by atoms with Gasteiger partial charge in [0.15, 0.2) is 6.61 Å². The van der Waals surface area contributed by atoms with Gasteiger partial charge in [0, 0.05) is 29.6 Å². The lowest BCUT2D eigenvalue weighted by atomic mass is 10.0. The third-order valence-corrected chi connectivity index (χ3v) is 4.58. The van der Waals surface area contributed by atoms with Crippen molar-refractivity contribution in [1.82, 2.24) is 4.90 Å². The number of rotatable bonds is 5. The summed E-state index contributed by atoms with van der Waals surface area (Å²) in [4.78, 5) is 26.3. The second-order valence-electron chi connectivity index (χ2n) is 7.83. The van der Waals surface area contributed by atoms with Crippen molar-refractivity contribution >= 4 is 16.9 Å². The summed E-state index contributed by atoms with van der Waals surface area (Å²) in [5, 5.41) is 0.846. The first kappa shape index (κ1) is 19.7. The topological polar surface area (TPSA) is 59.8 Å². The number of carbonyl (C=O) groups is 1. The van der Waals surface area contributed by atoms with Crippen LogP contribution in [0.25, 0.3) is 11.0 Å². The fourth-order valence-electron chi connectivity index (χ4n) is 3.08. The van der Waals surface area contributed by atoms with Crippen molar-refractivity contribution in [3.8, 4) is 5.75 Å². The molecule has 0 aliphatic heterocycles. The number of hydrogen-bond acceptors (Lipinski definition) is 4. The summed E-state index contributed by atoms with van der Waals surface area (Å²) in [6.07, 6.45) is 0. The van der Waals surface area contributed by atoms with E-state index in [2.05, 4.69) is 0 Å². The Hall–Kier alpha value is -3.08. The maximum Gasteiger partial charge on any atom is 0.336 e. The lowest BCUT2D eigenvalue weighted by molar-refractivity contribution is -0.139. The van der Waals surface area contributed by atoms with Crippen LogP contribution in [-0.4, -0.2) is 23.0 Å². The SMILES string of the molecule is Cc1cc(=O)oc2cc(OCC(=O)N(Cc3ccccc3)C(C)(C)C)ccc12. The number of aryl methyl sites for hydroxylation is 1. The van der Waals surface area contributed by atoms with Gasteiger partial charge in [0.2, 0.25) is 0 Å². The minimum Gasteiger partial charge on any atom is -0.484 e. The van der Waals surface area contributed by atoms with Gasteiger partial charge in [-0.1, -0.05) is 30.3 Å². The van der Waals surface area contributed by atoms with Gasteiger partial charge in [0.05, 0.1) is 0 Å². The normalized spacial score (nSPS) is 11.4. The van der Waals surface area contributed by atoms with E-state index in [4.69, 9.17) is 9.15 Å². The Morgan fingerprint density at radius 1 is 1.07 bits per heavy atom. The second-order valence-corrected chi connectivity index (χ2v) is 7.83. The summed E-state index contributed by atoms with van der Waals surface area (Å²) < 4.78 is 11.0. The molecule has 0 spiro atoms. The molecule has 0 unspecified atom stereocenters. The highest BCUT2D eigenvalue weighted by atomic mass is 16.5. The minimum atomic E-state index is -0.403. The molecule has 0 aliphatic carbocycles. The number of nitrogens with zero attached hydrogens (tertiary/aromatic N) is 1. The van der Waals surface area contributed by atoms with E-state index >= 15 is 0 Å². The first-order valence-corrected chi connectivity index (χ1v) is 9.26. The van der Waals surface area contributed by atoms with Crippen LogP contribution in [0.3, 0.4) is 0 Å². The van der Waals surface area contributed by atoms with Gasteiger partial charge in [-0.15, -0.1) is 0 Å². The van der Waals surface area contributed by atoms with E-state index in [0.29, 0.717) is 17.9 Å². The van der Waals surface area contributed by atoms with Crippen molar-refractivity contribution in [2.75, 3.05) is 6.61 Å². The molecule has 1 aromatic heterocycles. The molecule has 0 bridgehead atoms. The first-order valence-electron chi connectivity index (χ1n) is 9.26. The highest BCUT2D eigenvalue weighted by Crippen LogP contribution is 2.23. The number of fused-ring (bicyclic) bond motifs is 1. The summed E-state index contributed by atoms with van der Waals surface area (Å²) in [7, 11) is 0. The van der Waals surface area contributed by atoms with E-state index in [1.54, 1.807) is 17.0 Å². The summed E-state index contributed by atoms with van der Waals surface area (Å²) >= 11 is 0. The summed E-state index contributed by atoms with van der Waals surface area (Å²) in [5.74, 6) is 0.380. The smallest absolute Gasteiger partial charge is 0.336 e. The van der Waals surface area contributed by atoms with Crippen LogP contribution < -0.4 is 10.4 Å². The molecule has 146 valence electrons.